The highest BCUT2D eigenvalue weighted by molar-refractivity contribution is 9.09. The van der Waals surface area contributed by atoms with Crippen LogP contribution in [-0.2, 0) is 26.6 Å². The highest BCUT2D eigenvalue weighted by atomic mass is 33.5. The fraction of sp³-hybridized carbons (Fsp3) is 1.00. The third-order valence-electron chi connectivity index (χ3n) is 3.91. The van der Waals surface area contributed by atoms with Crippen molar-refractivity contribution >= 4 is 49.0 Å². The van der Waals surface area contributed by atoms with E-state index < -0.39 is 17.6 Å². The van der Waals surface area contributed by atoms with Crippen LogP contribution in [0, 0.1) is 0 Å². The molecule has 0 bridgehead atoms. The molecule has 0 aliphatic carbocycles. The van der Waals surface area contributed by atoms with Gasteiger partial charge in [-0.3, -0.25) is 0 Å². The maximum absolute atomic E-state index is 5.67. The van der Waals surface area contributed by atoms with E-state index in [0.717, 1.165) is 25.7 Å². The molecule has 0 spiro atoms. The lowest BCUT2D eigenvalue weighted by atomic mass is 10.4. The van der Waals surface area contributed by atoms with Gasteiger partial charge in [-0.1, -0.05) is 48.3 Å². The predicted octanol–water partition coefficient (Wildman–Crippen LogP) is 4.19. The summed E-state index contributed by atoms with van der Waals surface area (Å²) >= 11 is 0. The van der Waals surface area contributed by atoms with Crippen molar-refractivity contribution in [1.82, 2.24) is 0 Å². The summed E-state index contributed by atoms with van der Waals surface area (Å²) in [4.78, 5) is 0.335. The van der Waals surface area contributed by atoms with E-state index in [4.69, 9.17) is 26.6 Å². The molecule has 0 amide bonds. The predicted molar refractivity (Wildman–Crippen MR) is 114 cm³/mol. The molecule has 0 aromatic carbocycles. The second-order valence-electron chi connectivity index (χ2n) is 5.25. The number of hydrogen-bond acceptors (Lipinski definition) is 9. The summed E-state index contributed by atoms with van der Waals surface area (Å²) in [6.45, 7) is 4.31. The first-order chi connectivity index (χ1) is 12.0. The molecule has 0 radical (unpaired) electrons. The molecule has 0 aromatic rings. The van der Waals surface area contributed by atoms with Crippen molar-refractivity contribution in [3.63, 3.8) is 0 Å². The van der Waals surface area contributed by atoms with Crippen LogP contribution in [0.4, 0.5) is 0 Å². The smallest absolute Gasteiger partial charge is 0.376 e. The zero-order chi connectivity index (χ0) is 19.3. The molecule has 0 saturated heterocycles. The molecule has 0 N–H and O–H groups in total. The largest absolute Gasteiger partial charge is 0.514 e. The Morgan fingerprint density at radius 1 is 0.600 bits per heavy atom. The maximum atomic E-state index is 5.67. The third kappa shape index (κ3) is 7.29. The fourth-order valence-corrected chi connectivity index (χ4v) is 17.6. The number of rotatable bonds is 16. The minimum atomic E-state index is -2.68. The SMILES string of the molecule is CCCC(SSSC(CCC)[Si](OC)(OC)OC)[Si](OC)(OC)OC. The highest BCUT2D eigenvalue weighted by Gasteiger charge is 2.50. The van der Waals surface area contributed by atoms with Gasteiger partial charge in [0.1, 0.15) is 0 Å². The summed E-state index contributed by atoms with van der Waals surface area (Å²) in [5, 5.41) is 0. The summed E-state index contributed by atoms with van der Waals surface area (Å²) in [6, 6.07) is 0. The molecule has 0 fully saturated rings. The molecule has 0 aromatic heterocycles. The Balaban J connectivity index is 5.02. The molecule has 11 heteroatoms. The van der Waals surface area contributed by atoms with Crippen molar-refractivity contribution in [1.29, 1.82) is 0 Å². The van der Waals surface area contributed by atoms with E-state index in [1.807, 2.05) is 0 Å². The maximum Gasteiger partial charge on any atom is 0.514 e. The van der Waals surface area contributed by atoms with Crippen molar-refractivity contribution in [2.24, 2.45) is 0 Å². The Kier molecular flexibility index (Phi) is 15.0. The van der Waals surface area contributed by atoms with Crippen LogP contribution in [-0.4, -0.2) is 70.0 Å². The summed E-state index contributed by atoms with van der Waals surface area (Å²) in [5.74, 6) is 0. The lowest BCUT2D eigenvalue weighted by Gasteiger charge is -2.33. The summed E-state index contributed by atoms with van der Waals surface area (Å²) in [7, 11) is 9.85. The summed E-state index contributed by atoms with van der Waals surface area (Å²) in [5.41, 5.74) is 0. The van der Waals surface area contributed by atoms with E-state index >= 15 is 0 Å². The van der Waals surface area contributed by atoms with Crippen LogP contribution < -0.4 is 0 Å². The van der Waals surface area contributed by atoms with Gasteiger partial charge in [0.05, 0.1) is 9.75 Å². The van der Waals surface area contributed by atoms with E-state index in [1.54, 1.807) is 74.1 Å². The van der Waals surface area contributed by atoms with Gasteiger partial charge in [0.2, 0.25) is 0 Å². The molecule has 0 aliphatic heterocycles. The Morgan fingerprint density at radius 3 is 1.08 bits per heavy atom. The van der Waals surface area contributed by atoms with E-state index in [9.17, 15) is 0 Å². The van der Waals surface area contributed by atoms with Gasteiger partial charge in [-0.2, -0.15) is 0 Å². The Labute approximate surface area is 167 Å². The topological polar surface area (TPSA) is 55.4 Å². The van der Waals surface area contributed by atoms with E-state index in [2.05, 4.69) is 13.8 Å². The molecule has 0 heterocycles. The molecule has 6 nitrogen and oxygen atoms in total. The second kappa shape index (κ2) is 14.3. The van der Waals surface area contributed by atoms with Crippen molar-refractivity contribution in [3.8, 4) is 0 Å². The standard InChI is InChI=1S/C14H34O6S3Si2/c1-9-11-13(24(15-3,16-4)17-5)21-23-22-14(12-10-2)25(18-6,19-7)20-8/h13-14H,9-12H2,1-8H3. The van der Waals surface area contributed by atoms with Gasteiger partial charge < -0.3 is 26.6 Å². The van der Waals surface area contributed by atoms with Gasteiger partial charge in [-0.05, 0) is 22.7 Å². The Morgan fingerprint density at radius 2 is 0.880 bits per heavy atom. The highest BCUT2D eigenvalue weighted by Crippen LogP contribution is 2.47. The van der Waals surface area contributed by atoms with Gasteiger partial charge in [0, 0.05) is 42.7 Å². The van der Waals surface area contributed by atoms with Gasteiger partial charge >= 0.3 is 17.6 Å². The zero-order valence-corrected chi connectivity index (χ0v) is 21.1. The van der Waals surface area contributed by atoms with Gasteiger partial charge in [-0.15, -0.1) is 0 Å². The first-order valence-electron chi connectivity index (χ1n) is 8.29. The zero-order valence-electron chi connectivity index (χ0n) is 16.7. The molecular formula is C14H34O6S3Si2. The lowest BCUT2D eigenvalue weighted by molar-refractivity contribution is 0.120. The van der Waals surface area contributed by atoms with Crippen molar-refractivity contribution in [2.75, 3.05) is 42.7 Å². The molecule has 2 atom stereocenters. The van der Waals surface area contributed by atoms with Crippen LogP contribution in [0.1, 0.15) is 39.5 Å². The summed E-state index contributed by atoms with van der Waals surface area (Å²) in [6.07, 6.45) is 4.03. The molecule has 152 valence electrons. The minimum absolute atomic E-state index is 0.168. The second-order valence-corrected chi connectivity index (χ2v) is 16.8. The minimum Gasteiger partial charge on any atom is -0.376 e. The van der Waals surface area contributed by atoms with Gasteiger partial charge in [0.25, 0.3) is 0 Å². The van der Waals surface area contributed by atoms with Gasteiger partial charge in [0.15, 0.2) is 0 Å². The molecule has 0 aliphatic rings. The lowest BCUT2D eigenvalue weighted by Crippen LogP contribution is -2.53. The van der Waals surface area contributed by atoms with Crippen LogP contribution in [0.25, 0.3) is 0 Å². The van der Waals surface area contributed by atoms with Crippen LogP contribution in [0.2, 0.25) is 0 Å². The van der Waals surface area contributed by atoms with Crippen molar-refractivity contribution in [2.45, 2.75) is 49.3 Å². The van der Waals surface area contributed by atoms with Crippen molar-refractivity contribution < 1.29 is 26.6 Å². The fourth-order valence-electron chi connectivity index (χ4n) is 2.50. The summed E-state index contributed by atoms with van der Waals surface area (Å²) < 4.78 is 34.0. The molecular weight excluding hydrogens is 417 g/mol. The third-order valence-corrected chi connectivity index (χ3v) is 17.3. The quantitative estimate of drug-likeness (QED) is 0.254. The monoisotopic (exact) mass is 450 g/mol. The first-order valence-corrected chi connectivity index (χ1v) is 15.5. The molecule has 25 heavy (non-hydrogen) atoms. The first kappa shape index (κ1) is 26.2. The van der Waals surface area contributed by atoms with Crippen LogP contribution >= 0.6 is 31.4 Å². The Bertz CT molecular complexity index is 289. The van der Waals surface area contributed by atoms with Crippen LogP contribution in [0.15, 0.2) is 0 Å². The molecule has 2 unspecified atom stereocenters. The van der Waals surface area contributed by atoms with E-state index in [0.29, 0.717) is 0 Å². The number of hydrogen-bond donors (Lipinski definition) is 0. The van der Waals surface area contributed by atoms with Gasteiger partial charge in [-0.25, -0.2) is 0 Å². The van der Waals surface area contributed by atoms with Crippen LogP contribution in [0.5, 0.6) is 0 Å². The average Bonchev–Trinajstić information content (AvgIpc) is 2.65. The average molecular weight is 451 g/mol. The normalized spacial score (nSPS) is 15.4. The molecule has 0 saturated carbocycles. The molecule has 0 rings (SSSR count). The van der Waals surface area contributed by atoms with Crippen LogP contribution in [0.3, 0.4) is 0 Å². The van der Waals surface area contributed by atoms with E-state index in [1.165, 1.54) is 0 Å². The van der Waals surface area contributed by atoms with E-state index in [-0.39, 0.29) is 9.75 Å². The van der Waals surface area contributed by atoms with Crippen molar-refractivity contribution in [3.05, 3.63) is 0 Å². The Hall–Kier alpha value is 1.24.